The molecule has 0 saturated heterocycles. The Morgan fingerprint density at radius 3 is 3.00 bits per heavy atom. The number of nitrogens with zero attached hydrogens (tertiary/aromatic N) is 3. The second-order valence-electron chi connectivity index (χ2n) is 6.32. The highest BCUT2D eigenvalue weighted by Crippen LogP contribution is 2.36. The van der Waals surface area contributed by atoms with Gasteiger partial charge in [0.1, 0.15) is 11.3 Å². The number of fused-ring (bicyclic) bond motifs is 2. The molecule has 1 N–H and O–H groups in total. The largest absolute Gasteiger partial charge is 0.454 e. The second kappa shape index (κ2) is 6.59. The van der Waals surface area contributed by atoms with Crippen molar-refractivity contribution >= 4 is 27.8 Å². The SMILES string of the molecule is CCCc1nc2ccccn2c1-c1csc(Nc2ccc3c(c2)OCO3)n1. The highest BCUT2D eigenvalue weighted by atomic mass is 32.1. The van der Waals surface area contributed by atoms with Crippen molar-refractivity contribution in [2.24, 2.45) is 0 Å². The number of rotatable bonds is 5. The lowest BCUT2D eigenvalue weighted by molar-refractivity contribution is 0.174. The zero-order chi connectivity index (χ0) is 18.2. The van der Waals surface area contributed by atoms with Crippen molar-refractivity contribution in [3.63, 3.8) is 0 Å². The molecule has 0 unspecified atom stereocenters. The number of benzene rings is 1. The van der Waals surface area contributed by atoms with E-state index in [4.69, 9.17) is 19.4 Å². The molecular weight excluding hydrogens is 360 g/mol. The molecule has 0 fully saturated rings. The van der Waals surface area contributed by atoms with Gasteiger partial charge in [-0.05, 0) is 30.7 Å². The molecule has 4 aromatic rings. The lowest BCUT2D eigenvalue weighted by atomic mass is 10.2. The zero-order valence-electron chi connectivity index (χ0n) is 14.8. The number of imidazole rings is 1. The Bertz CT molecular complexity index is 1120. The van der Waals surface area contributed by atoms with Crippen LogP contribution < -0.4 is 14.8 Å². The van der Waals surface area contributed by atoms with Crippen LogP contribution in [0.4, 0.5) is 10.8 Å². The second-order valence-corrected chi connectivity index (χ2v) is 7.17. The standard InChI is InChI=1S/C20H18N4O2S/c1-2-5-14-19(24-9-4-3-6-18(24)22-14)15-11-27-20(23-15)21-13-7-8-16-17(10-13)26-12-25-16/h3-4,6-11H,2,5,12H2,1H3,(H,21,23). The quantitative estimate of drug-likeness (QED) is 0.536. The number of anilines is 2. The maximum absolute atomic E-state index is 5.44. The summed E-state index contributed by atoms with van der Waals surface area (Å²) in [5.41, 5.74) is 4.97. The molecule has 27 heavy (non-hydrogen) atoms. The minimum Gasteiger partial charge on any atom is -0.454 e. The lowest BCUT2D eigenvalue weighted by Gasteiger charge is -2.04. The zero-order valence-corrected chi connectivity index (χ0v) is 15.6. The van der Waals surface area contributed by atoms with Crippen molar-refractivity contribution in [3.8, 4) is 22.9 Å². The molecule has 1 aliphatic heterocycles. The number of hydrogen-bond donors (Lipinski definition) is 1. The number of hydrogen-bond acceptors (Lipinski definition) is 6. The summed E-state index contributed by atoms with van der Waals surface area (Å²) >= 11 is 1.58. The van der Waals surface area contributed by atoms with Gasteiger partial charge >= 0.3 is 0 Å². The highest BCUT2D eigenvalue weighted by molar-refractivity contribution is 7.14. The third kappa shape index (κ3) is 2.90. The van der Waals surface area contributed by atoms with Gasteiger partial charge in [-0.1, -0.05) is 19.4 Å². The van der Waals surface area contributed by atoms with Crippen LogP contribution in [-0.2, 0) is 6.42 Å². The molecule has 3 aromatic heterocycles. The smallest absolute Gasteiger partial charge is 0.231 e. The number of aromatic nitrogens is 3. The summed E-state index contributed by atoms with van der Waals surface area (Å²) in [5.74, 6) is 1.53. The van der Waals surface area contributed by atoms with Crippen molar-refractivity contribution in [1.82, 2.24) is 14.4 Å². The predicted molar refractivity (Wildman–Crippen MR) is 106 cm³/mol. The van der Waals surface area contributed by atoms with Crippen LogP contribution in [0, 0.1) is 0 Å². The van der Waals surface area contributed by atoms with Crippen molar-refractivity contribution < 1.29 is 9.47 Å². The fourth-order valence-electron chi connectivity index (χ4n) is 3.26. The number of ether oxygens (including phenoxy) is 2. The summed E-state index contributed by atoms with van der Waals surface area (Å²) in [6.07, 6.45) is 4.02. The van der Waals surface area contributed by atoms with E-state index in [-0.39, 0.29) is 6.79 Å². The van der Waals surface area contributed by atoms with Crippen LogP contribution in [0.3, 0.4) is 0 Å². The molecule has 0 bridgehead atoms. The number of nitrogens with one attached hydrogen (secondary N) is 1. The Kier molecular flexibility index (Phi) is 3.94. The Balaban J connectivity index is 1.49. The normalized spacial score (nSPS) is 12.6. The summed E-state index contributed by atoms with van der Waals surface area (Å²) in [4.78, 5) is 9.60. The molecule has 0 aliphatic carbocycles. The molecule has 4 heterocycles. The monoisotopic (exact) mass is 378 g/mol. The van der Waals surface area contributed by atoms with Gasteiger partial charge in [0.05, 0.1) is 11.4 Å². The first-order chi connectivity index (χ1) is 13.3. The van der Waals surface area contributed by atoms with Crippen molar-refractivity contribution in [3.05, 3.63) is 53.7 Å². The van der Waals surface area contributed by atoms with Crippen molar-refractivity contribution in [2.45, 2.75) is 19.8 Å². The Morgan fingerprint density at radius 1 is 1.15 bits per heavy atom. The fourth-order valence-corrected chi connectivity index (χ4v) is 3.98. The molecule has 1 aromatic carbocycles. The van der Waals surface area contributed by atoms with E-state index < -0.39 is 0 Å². The molecule has 6 nitrogen and oxygen atoms in total. The molecule has 136 valence electrons. The van der Waals surface area contributed by atoms with Crippen molar-refractivity contribution in [2.75, 3.05) is 12.1 Å². The number of thiazole rings is 1. The van der Waals surface area contributed by atoms with E-state index in [0.717, 1.165) is 57.9 Å². The van der Waals surface area contributed by atoms with Gasteiger partial charge in [0.15, 0.2) is 16.6 Å². The molecular formula is C20H18N4O2S. The predicted octanol–water partition coefficient (Wildman–Crippen LogP) is 4.88. The first kappa shape index (κ1) is 16.1. The van der Waals surface area contributed by atoms with Gasteiger partial charge in [-0.25, -0.2) is 9.97 Å². The summed E-state index contributed by atoms with van der Waals surface area (Å²) in [5, 5.41) is 6.26. The molecule has 0 atom stereocenters. The summed E-state index contributed by atoms with van der Waals surface area (Å²) in [7, 11) is 0. The Labute approximate surface area is 160 Å². The number of pyridine rings is 1. The minimum atomic E-state index is 0.272. The van der Waals surface area contributed by atoms with Gasteiger partial charge in [-0.2, -0.15) is 0 Å². The summed E-state index contributed by atoms with van der Waals surface area (Å²) in [6, 6.07) is 11.9. The number of aryl methyl sites for hydroxylation is 1. The fraction of sp³-hybridized carbons (Fsp3) is 0.200. The molecule has 1 aliphatic rings. The van der Waals surface area contributed by atoms with E-state index in [0.29, 0.717) is 0 Å². The first-order valence-corrected chi connectivity index (χ1v) is 9.78. The molecule has 0 spiro atoms. The average molecular weight is 378 g/mol. The van der Waals surface area contributed by atoms with Crippen LogP contribution in [0.25, 0.3) is 17.0 Å². The van der Waals surface area contributed by atoms with E-state index in [2.05, 4.69) is 22.0 Å². The lowest BCUT2D eigenvalue weighted by Crippen LogP contribution is -1.94. The van der Waals surface area contributed by atoms with Crippen LogP contribution in [-0.4, -0.2) is 21.2 Å². The van der Waals surface area contributed by atoms with Crippen molar-refractivity contribution in [1.29, 1.82) is 0 Å². The van der Waals surface area contributed by atoms with Crippen LogP contribution in [0.15, 0.2) is 48.0 Å². The molecule has 0 amide bonds. The van der Waals surface area contributed by atoms with Crippen LogP contribution >= 0.6 is 11.3 Å². The first-order valence-electron chi connectivity index (χ1n) is 8.90. The molecule has 0 radical (unpaired) electrons. The Hall–Kier alpha value is -3.06. The molecule has 0 saturated carbocycles. The molecule has 5 rings (SSSR count). The molecule has 7 heteroatoms. The van der Waals surface area contributed by atoms with Gasteiger partial charge in [-0.15, -0.1) is 11.3 Å². The van der Waals surface area contributed by atoms with E-state index >= 15 is 0 Å². The van der Waals surface area contributed by atoms with Crippen LogP contribution in [0.2, 0.25) is 0 Å². The van der Waals surface area contributed by atoms with E-state index in [1.165, 1.54) is 0 Å². The van der Waals surface area contributed by atoms with Gasteiger partial charge in [0.2, 0.25) is 6.79 Å². The maximum Gasteiger partial charge on any atom is 0.231 e. The van der Waals surface area contributed by atoms with Crippen LogP contribution in [0.1, 0.15) is 19.0 Å². The third-order valence-corrected chi connectivity index (χ3v) is 5.22. The third-order valence-electron chi connectivity index (χ3n) is 4.46. The Morgan fingerprint density at radius 2 is 2.07 bits per heavy atom. The summed E-state index contributed by atoms with van der Waals surface area (Å²) in [6.45, 7) is 2.44. The summed E-state index contributed by atoms with van der Waals surface area (Å²) < 4.78 is 12.9. The van der Waals surface area contributed by atoms with Gasteiger partial charge < -0.3 is 14.8 Å². The topological polar surface area (TPSA) is 60.7 Å². The highest BCUT2D eigenvalue weighted by Gasteiger charge is 2.17. The van der Waals surface area contributed by atoms with Crippen LogP contribution in [0.5, 0.6) is 11.5 Å². The van der Waals surface area contributed by atoms with Gasteiger partial charge in [0, 0.05) is 23.3 Å². The van der Waals surface area contributed by atoms with Gasteiger partial charge in [-0.3, -0.25) is 4.40 Å². The van der Waals surface area contributed by atoms with E-state index in [9.17, 15) is 0 Å². The average Bonchev–Trinajstić information content (AvgIpc) is 3.39. The van der Waals surface area contributed by atoms with Gasteiger partial charge in [0.25, 0.3) is 0 Å². The maximum atomic E-state index is 5.44. The van der Waals surface area contributed by atoms with E-state index in [1.807, 2.05) is 42.6 Å². The van der Waals surface area contributed by atoms with E-state index in [1.54, 1.807) is 11.3 Å². The minimum absolute atomic E-state index is 0.272.